The van der Waals surface area contributed by atoms with Gasteiger partial charge in [-0.25, -0.2) is 0 Å². The third kappa shape index (κ3) is 8.92. The van der Waals surface area contributed by atoms with Crippen LogP contribution >= 0.6 is 0 Å². The Labute approximate surface area is 164 Å². The van der Waals surface area contributed by atoms with Gasteiger partial charge in [-0.05, 0) is 94.3 Å². The summed E-state index contributed by atoms with van der Waals surface area (Å²) in [6.45, 7) is 4.59. The Morgan fingerprint density at radius 3 is 1.65 bits per heavy atom. The highest BCUT2D eigenvalue weighted by atomic mass is 14.3. The Balaban J connectivity index is 1.51. The van der Waals surface area contributed by atoms with Crippen LogP contribution in [0.5, 0.6) is 0 Å². The molecule has 2 aliphatic rings. The van der Waals surface area contributed by atoms with E-state index in [4.69, 9.17) is 0 Å². The molecule has 2 saturated carbocycles. The van der Waals surface area contributed by atoms with E-state index in [1.54, 1.807) is 0 Å². The zero-order valence-corrected chi connectivity index (χ0v) is 17.9. The minimum atomic E-state index is 0.890. The second-order valence-corrected chi connectivity index (χ2v) is 9.28. The lowest BCUT2D eigenvalue weighted by molar-refractivity contribution is 0.287. The van der Waals surface area contributed by atoms with Crippen molar-refractivity contribution in [3.8, 4) is 0 Å². The third-order valence-electron chi connectivity index (χ3n) is 7.01. The summed E-state index contributed by atoms with van der Waals surface area (Å²) in [5, 5.41) is 0. The molecule has 26 heavy (non-hydrogen) atoms. The van der Waals surface area contributed by atoms with Crippen molar-refractivity contribution >= 4 is 0 Å². The number of rotatable bonds is 11. The molecule has 0 N–H and O–H groups in total. The fraction of sp³-hybridized carbons (Fsp3) is 0.846. The average molecular weight is 359 g/mol. The SMILES string of the molecule is CCCC=CC1CCC(CCC=CC2CCC(CCCCC)CC2)CC1. The second kappa shape index (κ2) is 13.6. The molecule has 0 saturated heterocycles. The van der Waals surface area contributed by atoms with Gasteiger partial charge in [-0.3, -0.25) is 0 Å². The van der Waals surface area contributed by atoms with Crippen LogP contribution in [-0.4, -0.2) is 0 Å². The topological polar surface area (TPSA) is 0 Å². The lowest BCUT2D eigenvalue weighted by Gasteiger charge is -2.27. The number of hydrogen-bond donors (Lipinski definition) is 0. The molecule has 0 unspecified atom stereocenters. The summed E-state index contributed by atoms with van der Waals surface area (Å²) in [4.78, 5) is 0. The van der Waals surface area contributed by atoms with E-state index in [9.17, 15) is 0 Å². The lowest BCUT2D eigenvalue weighted by atomic mass is 9.79. The van der Waals surface area contributed by atoms with Gasteiger partial charge in [0, 0.05) is 0 Å². The lowest BCUT2D eigenvalue weighted by Crippen LogP contribution is -2.13. The van der Waals surface area contributed by atoms with Gasteiger partial charge in [0.1, 0.15) is 0 Å². The van der Waals surface area contributed by atoms with E-state index >= 15 is 0 Å². The zero-order valence-electron chi connectivity index (χ0n) is 17.9. The zero-order chi connectivity index (χ0) is 18.5. The van der Waals surface area contributed by atoms with Gasteiger partial charge in [-0.2, -0.15) is 0 Å². The maximum Gasteiger partial charge on any atom is -0.0233 e. The van der Waals surface area contributed by atoms with Crippen molar-refractivity contribution in [1.82, 2.24) is 0 Å². The molecule has 0 radical (unpaired) electrons. The van der Waals surface area contributed by atoms with E-state index in [1.165, 1.54) is 103 Å². The molecule has 0 heteroatoms. The Bertz CT molecular complexity index is 375. The standard InChI is InChI=1S/C26H46/c1-3-5-7-11-23-15-19-25(20-16-23)13-9-10-14-26-21-17-24(18-22-26)12-8-6-4-2/h7,10-11,14,23-26H,3-6,8-9,12-13,15-22H2,1-2H3. The molecule has 0 aromatic rings. The summed E-state index contributed by atoms with van der Waals surface area (Å²) in [6, 6.07) is 0. The summed E-state index contributed by atoms with van der Waals surface area (Å²) in [6.07, 6.45) is 32.9. The van der Waals surface area contributed by atoms with E-state index in [2.05, 4.69) is 38.2 Å². The molecule has 0 aromatic carbocycles. The van der Waals surface area contributed by atoms with E-state index in [0.717, 1.165) is 23.7 Å². The normalized spacial score (nSPS) is 30.4. The summed E-state index contributed by atoms with van der Waals surface area (Å²) in [7, 11) is 0. The second-order valence-electron chi connectivity index (χ2n) is 9.28. The van der Waals surface area contributed by atoms with Gasteiger partial charge in [0.05, 0.1) is 0 Å². The summed E-state index contributed by atoms with van der Waals surface area (Å²) in [5.74, 6) is 3.84. The van der Waals surface area contributed by atoms with Crippen molar-refractivity contribution in [2.24, 2.45) is 23.7 Å². The smallest absolute Gasteiger partial charge is 0.0233 e. The van der Waals surface area contributed by atoms with Gasteiger partial charge in [-0.15, -0.1) is 0 Å². The molecule has 0 aromatic heterocycles. The van der Waals surface area contributed by atoms with Gasteiger partial charge in [0.15, 0.2) is 0 Å². The minimum absolute atomic E-state index is 0.890. The molecule has 0 nitrogen and oxygen atoms in total. The first-order valence-electron chi connectivity index (χ1n) is 12.1. The van der Waals surface area contributed by atoms with Gasteiger partial charge < -0.3 is 0 Å². The van der Waals surface area contributed by atoms with Crippen molar-refractivity contribution in [3.63, 3.8) is 0 Å². The molecular weight excluding hydrogens is 312 g/mol. The molecule has 2 rings (SSSR count). The quantitative estimate of drug-likeness (QED) is 0.255. The Kier molecular flexibility index (Phi) is 11.4. The molecule has 0 atom stereocenters. The van der Waals surface area contributed by atoms with Gasteiger partial charge in [0.25, 0.3) is 0 Å². The number of allylic oxidation sites excluding steroid dienone is 4. The summed E-state index contributed by atoms with van der Waals surface area (Å²) in [5.41, 5.74) is 0. The van der Waals surface area contributed by atoms with Crippen LogP contribution in [0, 0.1) is 23.7 Å². The molecule has 0 bridgehead atoms. The van der Waals surface area contributed by atoms with Crippen LogP contribution in [-0.2, 0) is 0 Å². The fourth-order valence-electron chi connectivity index (χ4n) is 5.10. The van der Waals surface area contributed by atoms with Crippen LogP contribution in [0.2, 0.25) is 0 Å². The van der Waals surface area contributed by atoms with Crippen LogP contribution in [0.1, 0.15) is 117 Å². The molecular formula is C26H46. The number of unbranched alkanes of at least 4 members (excludes halogenated alkanes) is 3. The fourth-order valence-corrected chi connectivity index (χ4v) is 5.10. The maximum absolute atomic E-state index is 2.58. The van der Waals surface area contributed by atoms with Crippen molar-refractivity contribution < 1.29 is 0 Å². The first-order valence-corrected chi connectivity index (χ1v) is 12.1. The third-order valence-corrected chi connectivity index (χ3v) is 7.01. The summed E-state index contributed by atoms with van der Waals surface area (Å²) >= 11 is 0. The predicted molar refractivity (Wildman–Crippen MR) is 117 cm³/mol. The minimum Gasteiger partial charge on any atom is -0.0883 e. The average Bonchev–Trinajstić information content (AvgIpc) is 2.68. The van der Waals surface area contributed by atoms with Crippen molar-refractivity contribution in [3.05, 3.63) is 24.3 Å². The van der Waals surface area contributed by atoms with E-state index in [1.807, 2.05) is 0 Å². The van der Waals surface area contributed by atoms with Crippen LogP contribution in [0.25, 0.3) is 0 Å². The van der Waals surface area contributed by atoms with Gasteiger partial charge in [0.2, 0.25) is 0 Å². The molecule has 0 aliphatic heterocycles. The van der Waals surface area contributed by atoms with Crippen molar-refractivity contribution in [2.75, 3.05) is 0 Å². The Morgan fingerprint density at radius 1 is 0.577 bits per heavy atom. The van der Waals surface area contributed by atoms with E-state index in [0.29, 0.717) is 0 Å². The van der Waals surface area contributed by atoms with Gasteiger partial charge >= 0.3 is 0 Å². The van der Waals surface area contributed by atoms with Crippen molar-refractivity contribution in [2.45, 2.75) is 117 Å². The van der Waals surface area contributed by atoms with E-state index in [-0.39, 0.29) is 0 Å². The number of hydrogen-bond acceptors (Lipinski definition) is 0. The van der Waals surface area contributed by atoms with Gasteiger partial charge in [-0.1, -0.05) is 70.3 Å². The largest absolute Gasteiger partial charge is 0.0883 e. The van der Waals surface area contributed by atoms with Crippen LogP contribution in [0.15, 0.2) is 24.3 Å². The van der Waals surface area contributed by atoms with E-state index < -0.39 is 0 Å². The first-order chi connectivity index (χ1) is 12.8. The van der Waals surface area contributed by atoms with Crippen LogP contribution in [0.4, 0.5) is 0 Å². The molecule has 2 fully saturated rings. The monoisotopic (exact) mass is 358 g/mol. The molecule has 2 aliphatic carbocycles. The van der Waals surface area contributed by atoms with Crippen LogP contribution < -0.4 is 0 Å². The predicted octanol–water partition coefficient (Wildman–Crippen LogP) is 8.87. The Morgan fingerprint density at radius 2 is 1.12 bits per heavy atom. The molecule has 150 valence electrons. The first kappa shape index (κ1) is 21.8. The highest BCUT2D eigenvalue weighted by Gasteiger charge is 2.20. The molecule has 0 spiro atoms. The highest BCUT2D eigenvalue weighted by Crippen LogP contribution is 2.34. The molecule has 0 heterocycles. The highest BCUT2D eigenvalue weighted by molar-refractivity contribution is 4.93. The maximum atomic E-state index is 2.58. The van der Waals surface area contributed by atoms with Crippen molar-refractivity contribution in [1.29, 1.82) is 0 Å². The Hall–Kier alpha value is -0.520. The summed E-state index contributed by atoms with van der Waals surface area (Å²) < 4.78 is 0. The van der Waals surface area contributed by atoms with Crippen LogP contribution in [0.3, 0.4) is 0 Å². The molecule has 0 amide bonds.